The minimum atomic E-state index is -0.908. The van der Waals surface area contributed by atoms with E-state index in [1.165, 1.54) is 13.2 Å². The third kappa shape index (κ3) is 8.62. The van der Waals surface area contributed by atoms with E-state index >= 15 is 0 Å². The molecule has 0 aliphatic carbocycles. The average molecular weight is 544 g/mol. The molecule has 0 spiro atoms. The topological polar surface area (TPSA) is 95.8 Å². The first-order valence-electron chi connectivity index (χ1n) is 11.9. The van der Waals surface area contributed by atoms with Crippen LogP contribution in [0.1, 0.15) is 48.6 Å². The van der Waals surface area contributed by atoms with Crippen LogP contribution in [0.5, 0.6) is 0 Å². The van der Waals surface area contributed by atoms with Gasteiger partial charge >= 0.3 is 5.97 Å². The Morgan fingerprint density at radius 1 is 0.946 bits per heavy atom. The van der Waals surface area contributed by atoms with Gasteiger partial charge in [-0.2, -0.15) is 0 Å². The summed E-state index contributed by atoms with van der Waals surface area (Å²) in [7, 11) is 1.35. The summed E-state index contributed by atoms with van der Waals surface area (Å²) < 4.78 is 4.70. The molecule has 0 aliphatic rings. The van der Waals surface area contributed by atoms with Gasteiger partial charge in [0, 0.05) is 25.2 Å². The first kappa shape index (κ1) is 28.8. The Bertz CT molecular complexity index is 1170. The van der Waals surface area contributed by atoms with Crippen LogP contribution in [-0.2, 0) is 16.0 Å². The molecule has 3 aromatic rings. The highest BCUT2D eigenvalue weighted by Crippen LogP contribution is 2.22. The summed E-state index contributed by atoms with van der Waals surface area (Å²) >= 11 is 12.0. The van der Waals surface area contributed by atoms with Crippen LogP contribution in [0.25, 0.3) is 5.57 Å². The van der Waals surface area contributed by atoms with Gasteiger partial charge in [0.25, 0.3) is 0 Å². The van der Waals surface area contributed by atoms with Crippen LogP contribution in [0.15, 0.2) is 66.7 Å². The molecular weight excluding hydrogens is 513 g/mol. The Kier molecular flexibility index (Phi) is 10.6. The zero-order valence-corrected chi connectivity index (χ0v) is 22.5. The molecule has 0 amide bonds. The molecule has 37 heavy (non-hydrogen) atoms. The number of carbonyl (C=O) groups excluding carboxylic acids is 1. The van der Waals surface area contributed by atoms with Gasteiger partial charge in [0.1, 0.15) is 22.5 Å². The summed E-state index contributed by atoms with van der Waals surface area (Å²) in [5.41, 5.74) is 3.71. The molecule has 3 rings (SSSR count). The number of carbonyl (C=O) groups is 1. The minimum absolute atomic E-state index is 0.0553. The Labute approximate surface area is 227 Å². The van der Waals surface area contributed by atoms with Gasteiger partial charge in [-0.05, 0) is 61.2 Å². The molecule has 0 bridgehead atoms. The van der Waals surface area contributed by atoms with Crippen LogP contribution >= 0.6 is 23.2 Å². The zero-order valence-electron chi connectivity index (χ0n) is 21.0. The summed E-state index contributed by atoms with van der Waals surface area (Å²) in [6.45, 7) is 4.34. The standard InChI is InChI=1S/C28H31Cl2N3O4/c1-18(14-28(36)37-3)21-12-10-20(11-13-21)15-19(2)33(16-24(34)22-6-4-8-26(29)31-22)17-25(35)23-7-5-9-27(30)32-23/h4-14,19,24-25,34-35H,15-17H2,1-3H3/t19-,24?,25?/m1/s1. The summed E-state index contributed by atoms with van der Waals surface area (Å²) in [6, 6.07) is 18.1. The Morgan fingerprint density at radius 3 is 1.92 bits per heavy atom. The summed E-state index contributed by atoms with van der Waals surface area (Å²) in [5.74, 6) is -0.397. The zero-order chi connectivity index (χ0) is 26.9. The van der Waals surface area contributed by atoms with E-state index in [9.17, 15) is 15.0 Å². The lowest BCUT2D eigenvalue weighted by molar-refractivity contribution is -0.134. The Hall–Kier alpha value is -2.81. The highest BCUT2D eigenvalue weighted by molar-refractivity contribution is 6.29. The van der Waals surface area contributed by atoms with Crippen molar-refractivity contribution in [3.05, 3.63) is 99.6 Å². The van der Waals surface area contributed by atoms with Crippen LogP contribution in [0.2, 0.25) is 10.3 Å². The molecule has 2 N–H and O–H groups in total. The molecule has 0 radical (unpaired) electrons. The molecule has 3 atom stereocenters. The van der Waals surface area contributed by atoms with E-state index in [1.807, 2.05) is 43.0 Å². The summed E-state index contributed by atoms with van der Waals surface area (Å²) in [4.78, 5) is 22.0. The van der Waals surface area contributed by atoms with Crippen molar-refractivity contribution >= 4 is 34.7 Å². The first-order valence-corrected chi connectivity index (χ1v) is 12.6. The number of allylic oxidation sites excluding steroid dienone is 1. The van der Waals surface area contributed by atoms with E-state index < -0.39 is 18.2 Å². The molecule has 7 nitrogen and oxygen atoms in total. The van der Waals surface area contributed by atoms with Crippen molar-refractivity contribution in [3.8, 4) is 0 Å². The number of benzene rings is 1. The van der Waals surface area contributed by atoms with E-state index in [0.717, 1.165) is 16.7 Å². The lowest BCUT2D eigenvalue weighted by atomic mass is 10.0. The van der Waals surface area contributed by atoms with E-state index in [-0.39, 0.29) is 19.1 Å². The maximum Gasteiger partial charge on any atom is 0.330 e. The van der Waals surface area contributed by atoms with E-state index in [0.29, 0.717) is 28.1 Å². The second-order valence-corrected chi connectivity index (χ2v) is 9.63. The maximum absolute atomic E-state index is 11.5. The van der Waals surface area contributed by atoms with Gasteiger partial charge in [-0.25, -0.2) is 14.8 Å². The molecule has 0 saturated carbocycles. The lowest BCUT2D eigenvalue weighted by Gasteiger charge is -2.32. The molecule has 0 saturated heterocycles. The van der Waals surface area contributed by atoms with Crippen molar-refractivity contribution in [1.82, 2.24) is 14.9 Å². The molecule has 196 valence electrons. The molecule has 0 aliphatic heterocycles. The Morgan fingerprint density at radius 2 is 1.46 bits per heavy atom. The van der Waals surface area contributed by atoms with E-state index in [1.54, 1.807) is 36.4 Å². The monoisotopic (exact) mass is 543 g/mol. The average Bonchev–Trinajstić information content (AvgIpc) is 2.88. The SMILES string of the molecule is COC(=O)C=C(C)c1ccc(C[C@@H](C)N(CC(O)c2cccc(Cl)n2)CC(O)c2cccc(Cl)n2)cc1. The van der Waals surface area contributed by atoms with Crippen LogP contribution in [0.4, 0.5) is 0 Å². The van der Waals surface area contributed by atoms with Gasteiger partial charge in [0.05, 0.1) is 18.5 Å². The van der Waals surface area contributed by atoms with Gasteiger partial charge in [0.15, 0.2) is 0 Å². The van der Waals surface area contributed by atoms with Gasteiger partial charge in [-0.1, -0.05) is 59.6 Å². The van der Waals surface area contributed by atoms with Crippen LogP contribution in [0, 0.1) is 0 Å². The van der Waals surface area contributed by atoms with Crippen molar-refractivity contribution in [2.75, 3.05) is 20.2 Å². The number of hydrogen-bond donors (Lipinski definition) is 2. The number of aliphatic hydroxyl groups is 2. The molecule has 2 unspecified atom stereocenters. The number of methoxy groups -OCH3 is 1. The number of hydrogen-bond acceptors (Lipinski definition) is 7. The third-order valence-corrected chi connectivity index (χ3v) is 6.49. The molecule has 2 heterocycles. The fraction of sp³-hybridized carbons (Fsp3) is 0.321. The second-order valence-electron chi connectivity index (χ2n) is 8.86. The van der Waals surface area contributed by atoms with E-state index in [2.05, 4.69) is 9.97 Å². The number of halogens is 2. The fourth-order valence-electron chi connectivity index (χ4n) is 3.98. The smallest absolute Gasteiger partial charge is 0.330 e. The Balaban J connectivity index is 1.78. The second kappa shape index (κ2) is 13.7. The number of aliphatic hydroxyl groups excluding tert-OH is 2. The molecule has 0 fully saturated rings. The summed E-state index contributed by atoms with van der Waals surface area (Å²) in [6.07, 6.45) is 0.296. The molecule has 1 aromatic carbocycles. The molecule has 2 aromatic heterocycles. The van der Waals surface area contributed by atoms with Gasteiger partial charge in [-0.3, -0.25) is 4.90 Å². The normalized spacial score (nSPS) is 14.3. The number of rotatable bonds is 11. The minimum Gasteiger partial charge on any atom is -0.466 e. The number of pyridine rings is 2. The quantitative estimate of drug-likeness (QED) is 0.198. The highest BCUT2D eigenvalue weighted by atomic mass is 35.5. The lowest BCUT2D eigenvalue weighted by Crippen LogP contribution is -2.40. The largest absolute Gasteiger partial charge is 0.466 e. The van der Waals surface area contributed by atoms with E-state index in [4.69, 9.17) is 27.9 Å². The third-order valence-electron chi connectivity index (χ3n) is 6.07. The van der Waals surface area contributed by atoms with Crippen molar-refractivity contribution in [2.24, 2.45) is 0 Å². The highest BCUT2D eigenvalue weighted by Gasteiger charge is 2.24. The fourth-order valence-corrected chi connectivity index (χ4v) is 4.32. The van der Waals surface area contributed by atoms with Gasteiger partial charge in [-0.15, -0.1) is 0 Å². The van der Waals surface area contributed by atoms with Crippen LogP contribution in [0.3, 0.4) is 0 Å². The van der Waals surface area contributed by atoms with Crippen molar-refractivity contribution in [2.45, 2.75) is 38.5 Å². The first-order chi connectivity index (χ1) is 17.7. The number of aromatic nitrogens is 2. The number of ether oxygens (including phenoxy) is 1. The van der Waals surface area contributed by atoms with Crippen LogP contribution in [-0.4, -0.2) is 57.3 Å². The van der Waals surface area contributed by atoms with Gasteiger partial charge in [0.2, 0.25) is 0 Å². The summed E-state index contributed by atoms with van der Waals surface area (Å²) in [5, 5.41) is 22.4. The molecular formula is C28H31Cl2N3O4. The number of esters is 1. The van der Waals surface area contributed by atoms with Crippen molar-refractivity contribution in [1.29, 1.82) is 0 Å². The van der Waals surface area contributed by atoms with Gasteiger partial charge < -0.3 is 14.9 Å². The maximum atomic E-state index is 11.5. The predicted octanol–water partition coefficient (Wildman–Crippen LogP) is 5.06. The predicted molar refractivity (Wildman–Crippen MR) is 145 cm³/mol. The van der Waals surface area contributed by atoms with Crippen molar-refractivity contribution < 1.29 is 19.7 Å². The van der Waals surface area contributed by atoms with Crippen molar-refractivity contribution in [3.63, 3.8) is 0 Å². The molecule has 9 heteroatoms. The van der Waals surface area contributed by atoms with Crippen LogP contribution < -0.4 is 0 Å². The number of nitrogens with zero attached hydrogens (tertiary/aromatic N) is 3.